The van der Waals surface area contributed by atoms with Gasteiger partial charge >= 0.3 is 0 Å². The number of thioether (sulfide) groups is 1. The van der Waals surface area contributed by atoms with Crippen LogP contribution in [0.15, 0.2) is 47.6 Å². The summed E-state index contributed by atoms with van der Waals surface area (Å²) in [4.78, 5) is 22.7. The molecule has 9 nitrogen and oxygen atoms in total. The van der Waals surface area contributed by atoms with Gasteiger partial charge in [0.25, 0.3) is 5.69 Å². The first-order valence-electron chi connectivity index (χ1n) is 10.2. The smallest absolute Gasteiger partial charge is 0.271 e. The summed E-state index contributed by atoms with van der Waals surface area (Å²) >= 11 is 7.22. The molecule has 1 aromatic heterocycles. The number of carbonyl (C=O) groups is 1. The third kappa shape index (κ3) is 6.23. The maximum absolute atomic E-state index is 12.3. The van der Waals surface area contributed by atoms with E-state index in [0.29, 0.717) is 16.9 Å². The minimum atomic E-state index is -0.552. The molecule has 0 aliphatic carbocycles. The molecule has 0 aliphatic rings. The number of ether oxygens (including phenoxy) is 1. The summed E-state index contributed by atoms with van der Waals surface area (Å²) < 4.78 is 7.77. The lowest BCUT2D eigenvalue weighted by Gasteiger charge is -2.15. The fourth-order valence-electron chi connectivity index (χ4n) is 3.03. The highest BCUT2D eigenvalue weighted by atomic mass is 35.5. The van der Waals surface area contributed by atoms with Crippen LogP contribution in [0.25, 0.3) is 0 Å². The number of non-ortho nitro benzene ring substituents is 1. The van der Waals surface area contributed by atoms with E-state index in [2.05, 4.69) is 29.4 Å². The zero-order valence-corrected chi connectivity index (χ0v) is 20.2. The Balaban J connectivity index is 1.60. The van der Waals surface area contributed by atoms with Gasteiger partial charge in [0.05, 0.1) is 21.4 Å². The van der Waals surface area contributed by atoms with Crippen LogP contribution in [-0.4, -0.2) is 31.3 Å². The first-order chi connectivity index (χ1) is 15.7. The minimum Gasteiger partial charge on any atom is -0.483 e. The quantitative estimate of drug-likeness (QED) is 0.244. The number of halogens is 1. The van der Waals surface area contributed by atoms with Crippen molar-refractivity contribution in [3.05, 3.63) is 69.0 Å². The van der Waals surface area contributed by atoms with E-state index >= 15 is 0 Å². The second-order valence-corrected chi connectivity index (χ2v) is 8.99. The fraction of sp³-hybridized carbons (Fsp3) is 0.318. The number of nitro groups is 1. The van der Waals surface area contributed by atoms with E-state index in [1.54, 1.807) is 11.6 Å². The Labute approximate surface area is 200 Å². The van der Waals surface area contributed by atoms with E-state index in [9.17, 15) is 14.9 Å². The molecule has 11 heteroatoms. The Morgan fingerprint density at radius 2 is 1.91 bits per heavy atom. The van der Waals surface area contributed by atoms with Gasteiger partial charge in [-0.3, -0.25) is 14.9 Å². The predicted octanol–water partition coefficient (Wildman–Crippen LogP) is 5.37. The lowest BCUT2D eigenvalue weighted by atomic mass is 10.0. The van der Waals surface area contributed by atoms with Gasteiger partial charge in [0.2, 0.25) is 5.91 Å². The highest BCUT2D eigenvalue weighted by Gasteiger charge is 2.19. The van der Waals surface area contributed by atoms with Gasteiger partial charge in [-0.25, -0.2) is 0 Å². The van der Waals surface area contributed by atoms with Gasteiger partial charge < -0.3 is 14.6 Å². The van der Waals surface area contributed by atoms with E-state index in [1.165, 1.54) is 35.5 Å². The third-order valence-corrected chi connectivity index (χ3v) is 6.21. The third-order valence-electron chi connectivity index (χ3n) is 4.86. The Morgan fingerprint density at radius 3 is 2.55 bits per heavy atom. The minimum absolute atomic E-state index is 0.0247. The molecular weight excluding hydrogens is 466 g/mol. The van der Waals surface area contributed by atoms with Gasteiger partial charge in [0, 0.05) is 19.2 Å². The summed E-state index contributed by atoms with van der Waals surface area (Å²) in [6.45, 7) is 6.15. The van der Waals surface area contributed by atoms with Crippen molar-refractivity contribution in [2.45, 2.75) is 37.9 Å². The fourth-order valence-corrected chi connectivity index (χ4v) is 3.92. The number of nitro benzene ring substituents is 1. The molecule has 3 rings (SSSR count). The SMILES string of the molecule is CC(C)c1ccc(OC(C)c2nnc(SCC(=O)Nc3cc([N+](=O)[O-])ccc3Cl)n2C)cc1. The molecule has 174 valence electrons. The second kappa shape index (κ2) is 10.7. The van der Waals surface area contributed by atoms with Crippen molar-refractivity contribution < 1.29 is 14.5 Å². The van der Waals surface area contributed by atoms with Gasteiger partial charge in [-0.15, -0.1) is 10.2 Å². The van der Waals surface area contributed by atoms with E-state index < -0.39 is 4.92 Å². The van der Waals surface area contributed by atoms with Crippen molar-refractivity contribution in [1.82, 2.24) is 14.8 Å². The summed E-state index contributed by atoms with van der Waals surface area (Å²) in [5, 5.41) is 22.6. The molecule has 0 bridgehead atoms. The van der Waals surface area contributed by atoms with Crippen LogP contribution < -0.4 is 10.1 Å². The molecule has 1 heterocycles. The zero-order valence-electron chi connectivity index (χ0n) is 18.6. The molecule has 2 aromatic carbocycles. The maximum Gasteiger partial charge on any atom is 0.271 e. The van der Waals surface area contributed by atoms with Gasteiger partial charge in [-0.05, 0) is 36.6 Å². The number of hydrogen-bond acceptors (Lipinski definition) is 7. The first-order valence-corrected chi connectivity index (χ1v) is 11.5. The molecular formula is C22H24ClN5O4S. The predicted molar refractivity (Wildman–Crippen MR) is 128 cm³/mol. The molecule has 33 heavy (non-hydrogen) atoms. The first kappa shape index (κ1) is 24.5. The average molecular weight is 490 g/mol. The number of amides is 1. The Hall–Kier alpha value is -3.11. The van der Waals surface area contributed by atoms with Crippen LogP contribution in [0, 0.1) is 10.1 Å². The second-order valence-electron chi connectivity index (χ2n) is 7.64. The largest absolute Gasteiger partial charge is 0.483 e. The number of nitrogens with one attached hydrogen (secondary N) is 1. The molecule has 0 saturated carbocycles. The zero-order chi connectivity index (χ0) is 24.1. The highest BCUT2D eigenvalue weighted by molar-refractivity contribution is 7.99. The molecule has 0 fully saturated rings. The van der Waals surface area contributed by atoms with Crippen LogP contribution >= 0.6 is 23.4 Å². The van der Waals surface area contributed by atoms with Crippen LogP contribution in [0.4, 0.5) is 11.4 Å². The number of hydrogen-bond donors (Lipinski definition) is 1. The van der Waals surface area contributed by atoms with Crippen molar-refractivity contribution in [2.24, 2.45) is 7.05 Å². The monoisotopic (exact) mass is 489 g/mol. The van der Waals surface area contributed by atoms with E-state index in [1.807, 2.05) is 31.2 Å². The summed E-state index contributed by atoms with van der Waals surface area (Å²) in [6, 6.07) is 11.8. The van der Waals surface area contributed by atoms with E-state index in [0.717, 1.165) is 5.75 Å². The van der Waals surface area contributed by atoms with Crippen molar-refractivity contribution >= 4 is 40.6 Å². The van der Waals surface area contributed by atoms with Crippen molar-refractivity contribution in [3.8, 4) is 5.75 Å². The normalized spacial score (nSPS) is 11.9. The summed E-state index contributed by atoms with van der Waals surface area (Å²) in [7, 11) is 1.80. The van der Waals surface area contributed by atoms with Crippen LogP contribution in [0.3, 0.4) is 0 Å². The number of carbonyl (C=O) groups excluding carboxylic acids is 1. The summed E-state index contributed by atoms with van der Waals surface area (Å²) in [6.07, 6.45) is -0.348. The van der Waals surface area contributed by atoms with Gasteiger partial charge in [0.1, 0.15) is 5.75 Å². The standard InChI is InChI=1S/C22H24ClN5O4S/c1-13(2)15-5-8-17(9-6-15)32-14(3)21-25-26-22(27(21)4)33-12-20(29)24-19-11-16(28(30)31)7-10-18(19)23/h5-11,13-14H,12H2,1-4H3,(H,24,29). The molecule has 0 spiro atoms. The Morgan fingerprint density at radius 1 is 1.21 bits per heavy atom. The number of aromatic nitrogens is 3. The molecule has 1 unspecified atom stereocenters. The summed E-state index contributed by atoms with van der Waals surface area (Å²) in [5.41, 5.74) is 1.26. The Kier molecular flexibility index (Phi) is 7.93. The van der Waals surface area contributed by atoms with Crippen molar-refractivity contribution in [2.75, 3.05) is 11.1 Å². The molecule has 1 N–H and O–H groups in total. The summed E-state index contributed by atoms with van der Waals surface area (Å²) in [5.74, 6) is 1.45. The molecule has 1 amide bonds. The van der Waals surface area contributed by atoms with Crippen molar-refractivity contribution in [1.29, 1.82) is 0 Å². The van der Waals surface area contributed by atoms with Crippen LogP contribution in [0.1, 0.15) is 44.2 Å². The maximum atomic E-state index is 12.3. The van der Waals surface area contributed by atoms with Gasteiger partial charge in [-0.2, -0.15) is 0 Å². The number of rotatable bonds is 9. The van der Waals surface area contributed by atoms with Crippen LogP contribution in [0.5, 0.6) is 5.75 Å². The highest BCUT2D eigenvalue weighted by Crippen LogP contribution is 2.28. The van der Waals surface area contributed by atoms with E-state index in [4.69, 9.17) is 16.3 Å². The van der Waals surface area contributed by atoms with Gasteiger partial charge in [-0.1, -0.05) is 49.3 Å². The van der Waals surface area contributed by atoms with Gasteiger partial charge in [0.15, 0.2) is 17.1 Å². The molecule has 1 atom stereocenters. The lowest BCUT2D eigenvalue weighted by Crippen LogP contribution is -2.15. The number of benzene rings is 2. The number of anilines is 1. The average Bonchev–Trinajstić information content (AvgIpc) is 3.14. The van der Waals surface area contributed by atoms with Crippen LogP contribution in [0.2, 0.25) is 5.02 Å². The number of nitrogens with zero attached hydrogens (tertiary/aromatic N) is 4. The lowest BCUT2D eigenvalue weighted by molar-refractivity contribution is -0.384. The molecule has 0 aliphatic heterocycles. The topological polar surface area (TPSA) is 112 Å². The molecule has 0 radical (unpaired) electrons. The van der Waals surface area contributed by atoms with Crippen molar-refractivity contribution in [3.63, 3.8) is 0 Å². The van der Waals surface area contributed by atoms with Crippen LogP contribution in [-0.2, 0) is 11.8 Å². The molecule has 3 aromatic rings. The van der Waals surface area contributed by atoms with E-state index in [-0.39, 0.29) is 34.2 Å². The Bertz CT molecular complexity index is 1150. The molecule has 0 saturated heterocycles.